The molecule has 3 heterocycles. The molecule has 0 aliphatic rings. The molecule has 0 saturated carbocycles. The van der Waals surface area contributed by atoms with Crippen LogP contribution in [0.3, 0.4) is 0 Å². The molecular weight excluding hydrogens is 321 g/mol. The van der Waals surface area contributed by atoms with E-state index in [-0.39, 0.29) is 5.75 Å². The molecule has 0 amide bonds. The third-order valence-electron chi connectivity index (χ3n) is 3.93. The van der Waals surface area contributed by atoms with Crippen molar-refractivity contribution in [1.29, 1.82) is 0 Å². The zero-order chi connectivity index (χ0) is 17.4. The van der Waals surface area contributed by atoms with Gasteiger partial charge in [0.15, 0.2) is 17.2 Å². The number of aryl methyl sites for hydroxylation is 1. The van der Waals surface area contributed by atoms with E-state index in [1.807, 2.05) is 25.1 Å². The Morgan fingerprint density at radius 1 is 0.960 bits per heavy atom. The third kappa shape index (κ3) is 2.71. The number of aromatic nitrogens is 3. The van der Waals surface area contributed by atoms with E-state index in [0.29, 0.717) is 33.7 Å². The van der Waals surface area contributed by atoms with Crippen molar-refractivity contribution in [2.75, 3.05) is 7.11 Å². The Morgan fingerprint density at radius 2 is 1.84 bits per heavy atom. The van der Waals surface area contributed by atoms with Crippen LogP contribution in [-0.4, -0.2) is 22.1 Å². The van der Waals surface area contributed by atoms with Crippen molar-refractivity contribution in [2.24, 2.45) is 0 Å². The smallest absolute Gasteiger partial charge is 0.165 e. The van der Waals surface area contributed by atoms with Gasteiger partial charge in [-0.15, -0.1) is 0 Å². The van der Waals surface area contributed by atoms with Gasteiger partial charge in [0.25, 0.3) is 0 Å². The quantitative estimate of drug-likeness (QED) is 0.554. The molecule has 4 rings (SSSR count). The largest absolute Gasteiger partial charge is 0.494 e. The zero-order valence-corrected chi connectivity index (χ0v) is 13.7. The van der Waals surface area contributed by atoms with Crippen LogP contribution in [0.15, 0.2) is 48.8 Å². The van der Waals surface area contributed by atoms with Crippen LogP contribution in [0, 0.1) is 12.7 Å². The summed E-state index contributed by atoms with van der Waals surface area (Å²) in [4.78, 5) is 12.9. The first kappa shape index (κ1) is 15.3. The van der Waals surface area contributed by atoms with Gasteiger partial charge in [0.05, 0.1) is 18.3 Å². The van der Waals surface area contributed by atoms with Gasteiger partial charge in [-0.2, -0.15) is 0 Å². The van der Waals surface area contributed by atoms with Gasteiger partial charge in [-0.05, 0) is 37.3 Å². The predicted molar refractivity (Wildman–Crippen MR) is 92.6 cm³/mol. The first-order chi connectivity index (χ1) is 12.2. The molecule has 6 heteroatoms. The second-order valence-electron chi connectivity index (χ2n) is 5.54. The van der Waals surface area contributed by atoms with E-state index in [9.17, 15) is 4.39 Å². The molecule has 25 heavy (non-hydrogen) atoms. The van der Waals surface area contributed by atoms with E-state index in [1.165, 1.54) is 13.2 Å². The van der Waals surface area contributed by atoms with Crippen molar-refractivity contribution in [3.63, 3.8) is 0 Å². The number of rotatable bonds is 3. The molecule has 0 radical (unpaired) electrons. The molecule has 0 atom stereocenters. The van der Waals surface area contributed by atoms with Gasteiger partial charge in [0, 0.05) is 29.2 Å². The van der Waals surface area contributed by atoms with Gasteiger partial charge in [-0.25, -0.2) is 14.4 Å². The molecule has 1 aromatic carbocycles. The molecule has 0 unspecified atom stereocenters. The van der Waals surface area contributed by atoms with Crippen LogP contribution >= 0.6 is 0 Å². The van der Waals surface area contributed by atoms with Crippen molar-refractivity contribution >= 4 is 21.9 Å². The molecule has 0 bridgehead atoms. The summed E-state index contributed by atoms with van der Waals surface area (Å²) in [5, 5.41) is 1.43. The number of nitrogens with zero attached hydrogens (tertiary/aromatic N) is 3. The van der Waals surface area contributed by atoms with Crippen LogP contribution in [0.5, 0.6) is 17.2 Å². The summed E-state index contributed by atoms with van der Waals surface area (Å²) in [6, 6.07) is 10.2. The van der Waals surface area contributed by atoms with E-state index in [1.54, 1.807) is 24.5 Å². The molecule has 0 aliphatic carbocycles. The molecule has 0 spiro atoms. The van der Waals surface area contributed by atoms with Gasteiger partial charge in [0.2, 0.25) is 0 Å². The normalized spacial score (nSPS) is 11.0. The number of ether oxygens (including phenoxy) is 2. The molecule has 4 aromatic rings. The summed E-state index contributed by atoms with van der Waals surface area (Å²) in [6.45, 7) is 1.84. The number of halogens is 1. The Bertz CT molecular complexity index is 1100. The molecular formula is C19H14FN3O2. The number of methoxy groups -OCH3 is 1. The van der Waals surface area contributed by atoms with Gasteiger partial charge in [-0.1, -0.05) is 0 Å². The van der Waals surface area contributed by atoms with Crippen LogP contribution in [0.4, 0.5) is 4.39 Å². The number of pyridine rings is 3. The summed E-state index contributed by atoms with van der Waals surface area (Å²) >= 11 is 0. The van der Waals surface area contributed by atoms with Gasteiger partial charge < -0.3 is 9.47 Å². The molecule has 0 aliphatic heterocycles. The lowest BCUT2D eigenvalue weighted by Crippen LogP contribution is -1.95. The fraction of sp³-hybridized carbons (Fsp3) is 0.105. The van der Waals surface area contributed by atoms with E-state index in [2.05, 4.69) is 15.0 Å². The fourth-order valence-corrected chi connectivity index (χ4v) is 2.66. The highest BCUT2D eigenvalue weighted by molar-refractivity contribution is 5.86. The van der Waals surface area contributed by atoms with E-state index in [0.717, 1.165) is 5.39 Å². The standard InChI is InChI=1S/C19H14FN3O2/c1-11-17(8-12-4-3-6-22-19(12)23-11)25-16-5-7-21-15-10-18(24-2)14(20)9-13(15)16/h3-10H,1-2H3. The lowest BCUT2D eigenvalue weighted by atomic mass is 10.2. The zero-order valence-electron chi connectivity index (χ0n) is 13.7. The molecule has 0 saturated heterocycles. The van der Waals surface area contributed by atoms with Crippen molar-refractivity contribution in [1.82, 2.24) is 15.0 Å². The summed E-state index contributed by atoms with van der Waals surface area (Å²) in [7, 11) is 1.42. The maximum Gasteiger partial charge on any atom is 0.165 e. The molecule has 0 fully saturated rings. The van der Waals surface area contributed by atoms with Crippen molar-refractivity contribution < 1.29 is 13.9 Å². The fourth-order valence-electron chi connectivity index (χ4n) is 2.66. The second kappa shape index (κ2) is 5.98. The summed E-state index contributed by atoms with van der Waals surface area (Å²) < 4.78 is 25.1. The Hall–Kier alpha value is -3.28. The Kier molecular flexibility index (Phi) is 3.65. The van der Waals surface area contributed by atoms with Crippen LogP contribution in [-0.2, 0) is 0 Å². The average molecular weight is 335 g/mol. The van der Waals surface area contributed by atoms with Crippen molar-refractivity contribution in [3.05, 3.63) is 60.3 Å². The third-order valence-corrected chi connectivity index (χ3v) is 3.93. The number of hydrogen-bond acceptors (Lipinski definition) is 5. The van der Waals surface area contributed by atoms with Gasteiger partial charge in [0.1, 0.15) is 11.5 Å². The topological polar surface area (TPSA) is 57.1 Å². The highest BCUT2D eigenvalue weighted by Crippen LogP contribution is 2.34. The minimum absolute atomic E-state index is 0.145. The van der Waals surface area contributed by atoms with Crippen LogP contribution in [0.1, 0.15) is 5.69 Å². The van der Waals surface area contributed by atoms with Crippen molar-refractivity contribution in [2.45, 2.75) is 6.92 Å². The maximum atomic E-state index is 14.1. The van der Waals surface area contributed by atoms with Gasteiger partial charge in [-0.3, -0.25) is 4.98 Å². The monoisotopic (exact) mass is 335 g/mol. The highest BCUT2D eigenvalue weighted by atomic mass is 19.1. The lowest BCUT2D eigenvalue weighted by Gasteiger charge is -2.12. The molecule has 5 nitrogen and oxygen atoms in total. The maximum absolute atomic E-state index is 14.1. The predicted octanol–water partition coefficient (Wildman–Crippen LogP) is 4.43. The summed E-state index contributed by atoms with van der Waals surface area (Å²) in [6.07, 6.45) is 3.31. The van der Waals surface area contributed by atoms with E-state index in [4.69, 9.17) is 9.47 Å². The number of hydrogen-bond donors (Lipinski definition) is 0. The second-order valence-corrected chi connectivity index (χ2v) is 5.54. The number of benzene rings is 1. The SMILES string of the molecule is COc1cc2nccc(Oc3cc4cccnc4nc3C)c2cc1F. The average Bonchev–Trinajstić information content (AvgIpc) is 2.62. The Balaban J connectivity index is 1.83. The molecule has 124 valence electrons. The van der Waals surface area contributed by atoms with E-state index < -0.39 is 5.82 Å². The summed E-state index contributed by atoms with van der Waals surface area (Å²) in [5.41, 5.74) is 1.94. The first-order valence-electron chi connectivity index (χ1n) is 7.68. The van der Waals surface area contributed by atoms with E-state index >= 15 is 0 Å². The number of fused-ring (bicyclic) bond motifs is 2. The van der Waals surface area contributed by atoms with Crippen LogP contribution < -0.4 is 9.47 Å². The van der Waals surface area contributed by atoms with Crippen LogP contribution in [0.2, 0.25) is 0 Å². The first-order valence-corrected chi connectivity index (χ1v) is 7.68. The van der Waals surface area contributed by atoms with Crippen molar-refractivity contribution in [3.8, 4) is 17.2 Å². The Labute approximate surface area is 143 Å². The minimum atomic E-state index is -0.467. The highest BCUT2D eigenvalue weighted by Gasteiger charge is 2.12. The lowest BCUT2D eigenvalue weighted by molar-refractivity contribution is 0.387. The molecule has 0 N–H and O–H groups in total. The minimum Gasteiger partial charge on any atom is -0.494 e. The van der Waals surface area contributed by atoms with Gasteiger partial charge >= 0.3 is 0 Å². The summed E-state index contributed by atoms with van der Waals surface area (Å²) in [5.74, 6) is 0.765. The van der Waals surface area contributed by atoms with Crippen LogP contribution in [0.25, 0.3) is 21.9 Å². The molecule has 3 aromatic heterocycles. The Morgan fingerprint density at radius 3 is 2.68 bits per heavy atom.